The molecule has 0 amide bonds. The first-order valence-electron chi connectivity index (χ1n) is 17.6. The Kier molecular flexibility index (Phi) is 7.14. The average molecular weight is 662 g/mol. The topological polar surface area (TPSA) is 38.7 Å². The van der Waals surface area contributed by atoms with Crippen molar-refractivity contribution in [3.8, 4) is 56.0 Å². The zero-order valence-corrected chi connectivity index (χ0v) is 28.2. The van der Waals surface area contributed by atoms with Crippen LogP contribution in [0, 0.1) is 0 Å². The molecule has 0 spiro atoms. The molecule has 3 heteroatoms. The predicted molar refractivity (Wildman–Crippen MR) is 217 cm³/mol. The van der Waals surface area contributed by atoms with E-state index in [0.717, 1.165) is 77.4 Å². The Hall–Kier alpha value is -6.97. The molecule has 0 unspecified atom stereocenters. The van der Waals surface area contributed by atoms with Gasteiger partial charge in [-0.2, -0.15) is 0 Å². The standard InChI is InChI=1S/C49H31N3/c1-4-13-32(14-5-1)38-19-10-11-20-40(38)49-41-22-12-21-39(33-15-6-2-7-16-33)46(41)42-31-37(27-30-45(42)52-49)44-29-26-36-24-23-35-25-28-43(34-17-8-3-9-18-34)50-47(35)48(36)51-44/h1-31H. The minimum Gasteiger partial charge on any atom is -0.247 e. The molecule has 3 heterocycles. The number of nitrogens with zero attached hydrogens (tertiary/aromatic N) is 3. The van der Waals surface area contributed by atoms with Gasteiger partial charge >= 0.3 is 0 Å². The highest BCUT2D eigenvalue weighted by atomic mass is 14.8. The van der Waals surface area contributed by atoms with E-state index in [1.807, 2.05) is 18.2 Å². The normalized spacial score (nSPS) is 11.5. The fourth-order valence-electron chi connectivity index (χ4n) is 7.53. The van der Waals surface area contributed by atoms with E-state index in [-0.39, 0.29) is 0 Å². The van der Waals surface area contributed by atoms with Crippen molar-refractivity contribution in [2.45, 2.75) is 0 Å². The predicted octanol–water partition coefficient (Wildman–Crippen LogP) is 12.8. The fraction of sp³-hybridized carbons (Fsp3) is 0. The third-order valence-corrected chi connectivity index (χ3v) is 10.1. The van der Waals surface area contributed by atoms with Gasteiger partial charge in [-0.15, -0.1) is 0 Å². The first kappa shape index (κ1) is 29.9. The summed E-state index contributed by atoms with van der Waals surface area (Å²) in [6, 6.07) is 66.1. The zero-order valence-electron chi connectivity index (χ0n) is 28.2. The minimum absolute atomic E-state index is 0.897. The molecule has 0 saturated carbocycles. The molecule has 0 fully saturated rings. The summed E-state index contributed by atoms with van der Waals surface area (Å²) >= 11 is 0. The SMILES string of the molecule is c1ccc(-c2ccc3ccc4ccc(-c5ccc6nc(-c7ccccc7-c7ccccc7)c7cccc(-c8ccccc8)c7c6c5)nc4c3n2)cc1. The van der Waals surface area contributed by atoms with Crippen LogP contribution in [-0.2, 0) is 0 Å². The molecule has 0 bridgehead atoms. The van der Waals surface area contributed by atoms with Crippen LogP contribution in [0.5, 0.6) is 0 Å². The molecule has 0 aliphatic rings. The molecule has 242 valence electrons. The van der Waals surface area contributed by atoms with Crippen LogP contribution >= 0.6 is 0 Å². The van der Waals surface area contributed by atoms with Gasteiger partial charge in [0, 0.05) is 43.6 Å². The molecule has 3 aromatic heterocycles. The van der Waals surface area contributed by atoms with Crippen LogP contribution in [0.4, 0.5) is 0 Å². The van der Waals surface area contributed by atoms with Crippen LogP contribution in [0.25, 0.3) is 99.5 Å². The smallest absolute Gasteiger partial charge is 0.0972 e. The van der Waals surface area contributed by atoms with Gasteiger partial charge in [0.25, 0.3) is 0 Å². The van der Waals surface area contributed by atoms with E-state index in [1.165, 1.54) is 22.1 Å². The van der Waals surface area contributed by atoms with Crippen molar-refractivity contribution in [2.75, 3.05) is 0 Å². The van der Waals surface area contributed by atoms with E-state index < -0.39 is 0 Å². The van der Waals surface area contributed by atoms with Gasteiger partial charge < -0.3 is 0 Å². The van der Waals surface area contributed by atoms with Crippen molar-refractivity contribution >= 4 is 43.5 Å². The quantitative estimate of drug-likeness (QED) is 0.172. The maximum absolute atomic E-state index is 5.43. The van der Waals surface area contributed by atoms with Crippen LogP contribution in [0.1, 0.15) is 0 Å². The lowest BCUT2D eigenvalue weighted by molar-refractivity contribution is 1.36. The number of hydrogen-bond donors (Lipinski definition) is 0. The summed E-state index contributed by atoms with van der Waals surface area (Å²) in [4.78, 5) is 15.9. The van der Waals surface area contributed by atoms with Gasteiger partial charge in [0.2, 0.25) is 0 Å². The van der Waals surface area contributed by atoms with Crippen LogP contribution in [0.2, 0.25) is 0 Å². The Morgan fingerprint density at radius 1 is 0.308 bits per heavy atom. The highest BCUT2D eigenvalue weighted by Crippen LogP contribution is 2.42. The molecule has 52 heavy (non-hydrogen) atoms. The van der Waals surface area contributed by atoms with Crippen molar-refractivity contribution in [1.29, 1.82) is 0 Å². The summed E-state index contributed by atoms with van der Waals surface area (Å²) in [7, 11) is 0. The number of benzene rings is 7. The first-order chi connectivity index (χ1) is 25.8. The Morgan fingerprint density at radius 2 is 0.827 bits per heavy atom. The van der Waals surface area contributed by atoms with Gasteiger partial charge in [-0.3, -0.25) is 0 Å². The summed E-state index contributed by atoms with van der Waals surface area (Å²) in [6.45, 7) is 0. The van der Waals surface area contributed by atoms with Gasteiger partial charge in [-0.25, -0.2) is 15.0 Å². The highest BCUT2D eigenvalue weighted by Gasteiger charge is 2.18. The molecular weight excluding hydrogens is 631 g/mol. The van der Waals surface area contributed by atoms with E-state index in [9.17, 15) is 0 Å². The molecular formula is C49H31N3. The van der Waals surface area contributed by atoms with Crippen molar-refractivity contribution < 1.29 is 0 Å². The van der Waals surface area contributed by atoms with E-state index in [2.05, 4.69) is 170 Å². The molecule has 10 aromatic rings. The Balaban J connectivity index is 1.21. The summed E-state index contributed by atoms with van der Waals surface area (Å²) in [6.07, 6.45) is 0. The van der Waals surface area contributed by atoms with Gasteiger partial charge in [0.05, 0.1) is 33.6 Å². The third-order valence-electron chi connectivity index (χ3n) is 10.1. The minimum atomic E-state index is 0.897. The monoisotopic (exact) mass is 661 g/mol. The molecule has 0 atom stereocenters. The molecule has 10 rings (SSSR count). The maximum Gasteiger partial charge on any atom is 0.0972 e. The summed E-state index contributed by atoms with van der Waals surface area (Å²) in [5.41, 5.74) is 13.5. The second-order valence-electron chi connectivity index (χ2n) is 13.2. The van der Waals surface area contributed by atoms with Gasteiger partial charge in [-0.1, -0.05) is 164 Å². The lowest BCUT2D eigenvalue weighted by Gasteiger charge is -2.17. The summed E-state index contributed by atoms with van der Waals surface area (Å²) in [5.74, 6) is 0. The second kappa shape index (κ2) is 12.4. The van der Waals surface area contributed by atoms with Crippen molar-refractivity contribution in [3.05, 3.63) is 188 Å². The number of rotatable bonds is 5. The Morgan fingerprint density at radius 3 is 1.48 bits per heavy atom. The molecule has 0 aliphatic heterocycles. The molecule has 3 nitrogen and oxygen atoms in total. The molecule has 7 aromatic carbocycles. The zero-order chi connectivity index (χ0) is 34.4. The van der Waals surface area contributed by atoms with Crippen LogP contribution < -0.4 is 0 Å². The van der Waals surface area contributed by atoms with E-state index in [1.54, 1.807) is 0 Å². The summed E-state index contributed by atoms with van der Waals surface area (Å²) < 4.78 is 0. The Labute approximate surface area is 301 Å². The van der Waals surface area contributed by atoms with Gasteiger partial charge in [-0.05, 0) is 46.5 Å². The Bertz CT molecular complexity index is 2940. The number of pyridine rings is 3. The fourth-order valence-corrected chi connectivity index (χ4v) is 7.53. The maximum atomic E-state index is 5.43. The van der Waals surface area contributed by atoms with Gasteiger partial charge in [0.1, 0.15) is 0 Å². The van der Waals surface area contributed by atoms with Crippen molar-refractivity contribution in [3.63, 3.8) is 0 Å². The van der Waals surface area contributed by atoms with E-state index in [4.69, 9.17) is 15.0 Å². The highest BCUT2D eigenvalue weighted by molar-refractivity contribution is 6.18. The molecule has 0 aliphatic carbocycles. The van der Waals surface area contributed by atoms with E-state index >= 15 is 0 Å². The second-order valence-corrected chi connectivity index (χ2v) is 13.2. The first-order valence-corrected chi connectivity index (χ1v) is 17.6. The van der Waals surface area contributed by atoms with Crippen molar-refractivity contribution in [2.24, 2.45) is 0 Å². The number of aromatic nitrogens is 3. The lowest BCUT2D eigenvalue weighted by atomic mass is 9.90. The van der Waals surface area contributed by atoms with E-state index in [0.29, 0.717) is 0 Å². The average Bonchev–Trinajstić information content (AvgIpc) is 3.23. The third kappa shape index (κ3) is 5.10. The molecule has 0 radical (unpaired) electrons. The van der Waals surface area contributed by atoms with Crippen LogP contribution in [-0.4, -0.2) is 15.0 Å². The summed E-state index contributed by atoms with van der Waals surface area (Å²) in [5, 5.41) is 5.52. The van der Waals surface area contributed by atoms with Crippen LogP contribution in [0.3, 0.4) is 0 Å². The molecule has 0 saturated heterocycles. The number of hydrogen-bond acceptors (Lipinski definition) is 3. The largest absolute Gasteiger partial charge is 0.247 e. The number of fused-ring (bicyclic) bond motifs is 6. The lowest BCUT2D eigenvalue weighted by Crippen LogP contribution is -1.95. The van der Waals surface area contributed by atoms with Gasteiger partial charge in [0.15, 0.2) is 0 Å². The van der Waals surface area contributed by atoms with Crippen molar-refractivity contribution in [1.82, 2.24) is 15.0 Å². The molecule has 0 N–H and O–H groups in total. The van der Waals surface area contributed by atoms with Crippen LogP contribution in [0.15, 0.2) is 188 Å².